The van der Waals surface area contributed by atoms with Crippen molar-refractivity contribution in [3.05, 3.63) is 47.5 Å². The highest BCUT2D eigenvalue weighted by Crippen LogP contribution is 2.09. The number of hydrogen-bond acceptors (Lipinski definition) is 5. The highest BCUT2D eigenvalue weighted by molar-refractivity contribution is 5.91. The third-order valence-corrected chi connectivity index (χ3v) is 2.55. The van der Waals surface area contributed by atoms with Crippen LogP contribution in [0.4, 0.5) is 0 Å². The van der Waals surface area contributed by atoms with E-state index in [1.54, 1.807) is 31.5 Å². The van der Waals surface area contributed by atoms with Crippen molar-refractivity contribution in [2.75, 3.05) is 7.11 Å². The van der Waals surface area contributed by atoms with Gasteiger partial charge in [0.25, 0.3) is 5.91 Å². The van der Waals surface area contributed by atoms with Crippen LogP contribution in [-0.2, 0) is 13.1 Å². The normalized spacial score (nSPS) is 10.2. The highest BCUT2D eigenvalue weighted by Gasteiger charge is 2.10. The molecule has 0 unspecified atom stereocenters. The van der Waals surface area contributed by atoms with Crippen LogP contribution in [0.5, 0.6) is 5.88 Å². The molecule has 0 bridgehead atoms. The first-order valence-electron chi connectivity index (χ1n) is 5.79. The number of rotatable bonds is 5. The lowest BCUT2D eigenvalue weighted by atomic mass is 10.3. The van der Waals surface area contributed by atoms with Crippen LogP contribution < -0.4 is 15.8 Å². The first kappa shape index (κ1) is 13.1. The fourth-order valence-electron chi connectivity index (χ4n) is 1.52. The van der Waals surface area contributed by atoms with E-state index in [4.69, 9.17) is 14.9 Å². The number of amides is 1. The van der Waals surface area contributed by atoms with Gasteiger partial charge >= 0.3 is 0 Å². The summed E-state index contributed by atoms with van der Waals surface area (Å²) in [5, 5.41) is 2.74. The van der Waals surface area contributed by atoms with E-state index in [9.17, 15) is 4.79 Å². The highest BCUT2D eigenvalue weighted by atomic mass is 16.5. The largest absolute Gasteiger partial charge is 0.481 e. The monoisotopic (exact) mass is 261 g/mol. The van der Waals surface area contributed by atoms with Crippen LogP contribution in [0.1, 0.15) is 21.9 Å². The van der Waals surface area contributed by atoms with Crippen molar-refractivity contribution in [3.63, 3.8) is 0 Å². The second-order valence-electron chi connectivity index (χ2n) is 3.86. The summed E-state index contributed by atoms with van der Waals surface area (Å²) in [6, 6.07) is 6.86. The Morgan fingerprint density at radius 1 is 1.42 bits per heavy atom. The van der Waals surface area contributed by atoms with Gasteiger partial charge in [0.05, 0.1) is 13.7 Å². The molecule has 6 heteroatoms. The maximum Gasteiger partial charge on any atom is 0.287 e. The molecular weight excluding hydrogens is 246 g/mol. The molecule has 6 nitrogen and oxygen atoms in total. The van der Waals surface area contributed by atoms with Crippen molar-refractivity contribution in [1.29, 1.82) is 0 Å². The van der Waals surface area contributed by atoms with Crippen molar-refractivity contribution >= 4 is 5.91 Å². The minimum atomic E-state index is -0.282. The maximum atomic E-state index is 11.8. The second kappa shape index (κ2) is 6.01. The molecule has 0 fully saturated rings. The van der Waals surface area contributed by atoms with Gasteiger partial charge in [-0.3, -0.25) is 4.79 Å². The zero-order valence-electron chi connectivity index (χ0n) is 10.6. The number of methoxy groups -OCH3 is 1. The summed E-state index contributed by atoms with van der Waals surface area (Å²) in [4.78, 5) is 15.8. The van der Waals surface area contributed by atoms with Gasteiger partial charge in [-0.15, -0.1) is 0 Å². The first-order valence-corrected chi connectivity index (χ1v) is 5.79. The van der Waals surface area contributed by atoms with E-state index in [1.807, 2.05) is 6.07 Å². The molecule has 2 rings (SSSR count). The standard InChI is InChI=1S/C13H15N3O3/c1-18-12-5-2-9(7-15-12)8-16-13(17)11-4-3-10(6-14)19-11/h2-5,7H,6,8,14H2,1H3,(H,16,17). The molecule has 0 spiro atoms. The first-order chi connectivity index (χ1) is 9.22. The van der Waals surface area contributed by atoms with Crippen molar-refractivity contribution < 1.29 is 13.9 Å². The number of furan rings is 1. The summed E-state index contributed by atoms with van der Waals surface area (Å²) < 4.78 is 10.2. The van der Waals surface area contributed by atoms with Gasteiger partial charge in [0.2, 0.25) is 5.88 Å². The van der Waals surface area contributed by atoms with Crippen LogP contribution in [0.25, 0.3) is 0 Å². The van der Waals surface area contributed by atoms with Gasteiger partial charge in [0.1, 0.15) is 5.76 Å². The Morgan fingerprint density at radius 3 is 2.84 bits per heavy atom. The van der Waals surface area contributed by atoms with Gasteiger partial charge in [0, 0.05) is 18.8 Å². The lowest BCUT2D eigenvalue weighted by molar-refractivity contribution is 0.0921. The molecular formula is C13H15N3O3. The van der Waals surface area contributed by atoms with E-state index < -0.39 is 0 Å². The van der Waals surface area contributed by atoms with Gasteiger partial charge in [-0.25, -0.2) is 4.98 Å². The van der Waals surface area contributed by atoms with Crippen molar-refractivity contribution in [1.82, 2.24) is 10.3 Å². The van der Waals surface area contributed by atoms with Gasteiger partial charge < -0.3 is 20.2 Å². The summed E-state index contributed by atoms with van der Waals surface area (Å²) >= 11 is 0. The SMILES string of the molecule is COc1ccc(CNC(=O)c2ccc(CN)o2)cn1. The lowest BCUT2D eigenvalue weighted by Crippen LogP contribution is -2.22. The molecule has 1 amide bonds. The third-order valence-electron chi connectivity index (χ3n) is 2.55. The number of ether oxygens (including phenoxy) is 1. The van der Waals surface area contributed by atoms with Crippen molar-refractivity contribution in [2.45, 2.75) is 13.1 Å². The van der Waals surface area contributed by atoms with Crippen molar-refractivity contribution in [3.8, 4) is 5.88 Å². The Labute approximate surface area is 110 Å². The fourth-order valence-corrected chi connectivity index (χ4v) is 1.52. The molecule has 0 saturated carbocycles. The summed E-state index contributed by atoms with van der Waals surface area (Å²) in [5.74, 6) is 1.09. The van der Waals surface area contributed by atoms with E-state index in [0.717, 1.165) is 5.56 Å². The second-order valence-corrected chi connectivity index (χ2v) is 3.86. The zero-order valence-corrected chi connectivity index (χ0v) is 10.6. The minimum absolute atomic E-state index is 0.252. The van der Waals surface area contributed by atoms with Gasteiger partial charge in [-0.2, -0.15) is 0 Å². The predicted octanol–water partition coefficient (Wildman–Crippen LogP) is 1.07. The Balaban J connectivity index is 1.92. The molecule has 3 N–H and O–H groups in total. The average Bonchev–Trinajstić information content (AvgIpc) is 2.94. The molecule has 0 radical (unpaired) electrons. The van der Waals surface area contributed by atoms with Crippen LogP contribution >= 0.6 is 0 Å². The van der Waals surface area contributed by atoms with Crippen LogP contribution in [0, 0.1) is 0 Å². The Hall–Kier alpha value is -2.34. The van der Waals surface area contributed by atoms with Crippen LogP contribution in [0.3, 0.4) is 0 Å². The number of nitrogens with zero attached hydrogens (tertiary/aromatic N) is 1. The van der Waals surface area contributed by atoms with Crippen molar-refractivity contribution in [2.24, 2.45) is 5.73 Å². The predicted molar refractivity (Wildman–Crippen MR) is 68.6 cm³/mol. The molecule has 2 aromatic heterocycles. The van der Waals surface area contributed by atoms with Gasteiger partial charge in [-0.05, 0) is 17.7 Å². The number of aromatic nitrogens is 1. The number of nitrogens with one attached hydrogen (secondary N) is 1. The summed E-state index contributed by atoms with van der Waals surface area (Å²) in [6.45, 7) is 0.643. The number of pyridine rings is 1. The number of hydrogen-bond donors (Lipinski definition) is 2. The van der Waals surface area contributed by atoms with E-state index in [0.29, 0.717) is 18.2 Å². The van der Waals surface area contributed by atoms with E-state index in [1.165, 1.54) is 0 Å². The summed E-state index contributed by atoms with van der Waals surface area (Å²) in [7, 11) is 1.55. The molecule has 0 aliphatic carbocycles. The number of carbonyl (C=O) groups is 1. The van der Waals surface area contributed by atoms with E-state index in [2.05, 4.69) is 10.3 Å². The lowest BCUT2D eigenvalue weighted by Gasteiger charge is -2.04. The molecule has 0 aliphatic rings. The molecule has 0 atom stereocenters. The van der Waals surface area contributed by atoms with E-state index >= 15 is 0 Å². The Bertz CT molecular complexity index is 549. The Kier molecular flexibility index (Phi) is 4.15. The summed E-state index contributed by atoms with van der Waals surface area (Å²) in [5.41, 5.74) is 6.28. The molecule has 100 valence electrons. The molecule has 0 aliphatic heterocycles. The molecule has 19 heavy (non-hydrogen) atoms. The smallest absolute Gasteiger partial charge is 0.287 e. The van der Waals surface area contributed by atoms with Crippen LogP contribution in [0.15, 0.2) is 34.9 Å². The summed E-state index contributed by atoms with van der Waals surface area (Å²) in [6.07, 6.45) is 1.65. The Morgan fingerprint density at radius 2 is 2.26 bits per heavy atom. The van der Waals surface area contributed by atoms with Gasteiger partial charge in [-0.1, -0.05) is 6.07 Å². The molecule has 2 heterocycles. The molecule has 2 aromatic rings. The topological polar surface area (TPSA) is 90.4 Å². The molecule has 0 aromatic carbocycles. The maximum absolute atomic E-state index is 11.8. The third kappa shape index (κ3) is 3.32. The quantitative estimate of drug-likeness (QED) is 0.840. The fraction of sp³-hybridized carbons (Fsp3) is 0.231. The van der Waals surface area contributed by atoms with Gasteiger partial charge in [0.15, 0.2) is 5.76 Å². The van der Waals surface area contributed by atoms with E-state index in [-0.39, 0.29) is 18.2 Å². The zero-order chi connectivity index (χ0) is 13.7. The van der Waals surface area contributed by atoms with Crippen LogP contribution in [-0.4, -0.2) is 18.0 Å². The number of nitrogens with two attached hydrogens (primary N) is 1. The number of carbonyl (C=O) groups excluding carboxylic acids is 1. The minimum Gasteiger partial charge on any atom is -0.481 e. The molecule has 0 saturated heterocycles. The van der Waals surface area contributed by atoms with Crippen LogP contribution in [0.2, 0.25) is 0 Å². The average molecular weight is 261 g/mol.